The summed E-state index contributed by atoms with van der Waals surface area (Å²) in [4.78, 5) is 13.9. The molecule has 1 aliphatic rings. The molecule has 0 aliphatic carbocycles. The van der Waals surface area contributed by atoms with Crippen LogP contribution in [-0.4, -0.2) is 51.6 Å². The zero-order valence-electron chi connectivity index (χ0n) is 11.7. The number of rotatable bonds is 3. The number of hydrogen-bond donors (Lipinski definition) is 1. The summed E-state index contributed by atoms with van der Waals surface area (Å²) < 4.78 is 6.95. The zero-order valence-corrected chi connectivity index (χ0v) is 11.7. The fourth-order valence-electron chi connectivity index (χ4n) is 1.95. The first kappa shape index (κ1) is 14.0. The predicted molar refractivity (Wildman–Crippen MR) is 69.2 cm³/mol. The van der Waals surface area contributed by atoms with Crippen molar-refractivity contribution in [3.63, 3.8) is 0 Å². The van der Waals surface area contributed by atoms with Gasteiger partial charge in [-0.05, 0) is 20.8 Å². The molecule has 0 aromatic carbocycles. The van der Waals surface area contributed by atoms with E-state index in [1.165, 1.54) is 4.68 Å². The first-order valence-electron chi connectivity index (χ1n) is 6.45. The molecule has 7 nitrogen and oxygen atoms in total. The van der Waals surface area contributed by atoms with E-state index in [1.807, 2.05) is 20.8 Å². The Hall–Kier alpha value is -1.47. The highest BCUT2D eigenvalue weighted by atomic mass is 16.5. The van der Waals surface area contributed by atoms with Crippen LogP contribution in [0.25, 0.3) is 0 Å². The standard InChI is InChI=1S/C12H21N5O2/c1-9-6-16(4-5-19-9)11(18)8-17-7-10(14-15-17)12(2,3)13/h7,9H,4-6,8,13H2,1-3H3. The van der Waals surface area contributed by atoms with Gasteiger partial charge in [-0.15, -0.1) is 5.10 Å². The number of aromatic nitrogens is 3. The molecular weight excluding hydrogens is 246 g/mol. The predicted octanol–water partition coefficient (Wildman–Crippen LogP) is -0.281. The van der Waals surface area contributed by atoms with Crippen molar-refractivity contribution < 1.29 is 9.53 Å². The molecule has 1 saturated heterocycles. The highest BCUT2D eigenvalue weighted by Gasteiger charge is 2.23. The minimum atomic E-state index is -0.547. The smallest absolute Gasteiger partial charge is 0.244 e. The number of nitrogens with zero attached hydrogens (tertiary/aromatic N) is 4. The molecule has 1 aromatic heterocycles. The Morgan fingerprint density at radius 3 is 2.95 bits per heavy atom. The lowest BCUT2D eigenvalue weighted by molar-refractivity contribution is -0.139. The molecule has 0 spiro atoms. The molecule has 1 aromatic rings. The van der Waals surface area contributed by atoms with E-state index in [1.54, 1.807) is 11.1 Å². The maximum atomic E-state index is 12.1. The Balaban J connectivity index is 1.97. The lowest BCUT2D eigenvalue weighted by atomic mass is 10.0. The van der Waals surface area contributed by atoms with E-state index in [-0.39, 0.29) is 18.6 Å². The van der Waals surface area contributed by atoms with Crippen molar-refractivity contribution in [2.45, 2.75) is 39.0 Å². The lowest BCUT2D eigenvalue weighted by Gasteiger charge is -2.31. The minimum absolute atomic E-state index is 0.0291. The summed E-state index contributed by atoms with van der Waals surface area (Å²) in [5.41, 5.74) is 6.06. The van der Waals surface area contributed by atoms with Crippen LogP contribution >= 0.6 is 0 Å². The summed E-state index contributed by atoms with van der Waals surface area (Å²) >= 11 is 0. The second-order valence-electron chi connectivity index (χ2n) is 5.54. The van der Waals surface area contributed by atoms with E-state index >= 15 is 0 Å². The van der Waals surface area contributed by atoms with Gasteiger partial charge in [-0.2, -0.15) is 0 Å². The van der Waals surface area contributed by atoms with E-state index in [0.29, 0.717) is 25.4 Å². The zero-order chi connectivity index (χ0) is 14.0. The lowest BCUT2D eigenvalue weighted by Crippen LogP contribution is -2.45. The Bertz CT molecular complexity index is 451. The van der Waals surface area contributed by atoms with Crippen LogP contribution in [0, 0.1) is 0 Å². The average Bonchev–Trinajstić information content (AvgIpc) is 2.77. The van der Waals surface area contributed by atoms with E-state index in [2.05, 4.69) is 10.3 Å². The van der Waals surface area contributed by atoms with Crippen LogP contribution in [0.3, 0.4) is 0 Å². The first-order valence-corrected chi connectivity index (χ1v) is 6.45. The summed E-state index contributed by atoms with van der Waals surface area (Å²) in [6.45, 7) is 7.71. The van der Waals surface area contributed by atoms with Gasteiger partial charge in [0.1, 0.15) is 12.2 Å². The molecule has 19 heavy (non-hydrogen) atoms. The maximum absolute atomic E-state index is 12.1. The van der Waals surface area contributed by atoms with E-state index in [0.717, 1.165) is 0 Å². The van der Waals surface area contributed by atoms with Crippen LogP contribution in [0.15, 0.2) is 6.20 Å². The molecule has 2 N–H and O–H groups in total. The molecule has 1 atom stereocenters. The van der Waals surface area contributed by atoms with Gasteiger partial charge < -0.3 is 15.4 Å². The molecule has 2 heterocycles. The van der Waals surface area contributed by atoms with Gasteiger partial charge in [0, 0.05) is 13.1 Å². The van der Waals surface area contributed by atoms with Gasteiger partial charge in [-0.1, -0.05) is 5.21 Å². The fourth-order valence-corrected chi connectivity index (χ4v) is 1.95. The van der Waals surface area contributed by atoms with E-state index in [9.17, 15) is 4.79 Å². The van der Waals surface area contributed by atoms with Crippen LogP contribution in [0.1, 0.15) is 26.5 Å². The number of carbonyl (C=O) groups excluding carboxylic acids is 1. The summed E-state index contributed by atoms with van der Waals surface area (Å²) in [5.74, 6) is 0.0291. The van der Waals surface area contributed by atoms with Gasteiger partial charge in [-0.25, -0.2) is 4.68 Å². The van der Waals surface area contributed by atoms with E-state index < -0.39 is 5.54 Å². The largest absolute Gasteiger partial charge is 0.375 e. The second kappa shape index (κ2) is 5.26. The Labute approximate surface area is 112 Å². The number of amides is 1. The number of nitrogens with two attached hydrogens (primary N) is 1. The van der Waals surface area contributed by atoms with Crippen molar-refractivity contribution in [1.29, 1.82) is 0 Å². The van der Waals surface area contributed by atoms with Crippen molar-refractivity contribution in [2.75, 3.05) is 19.7 Å². The van der Waals surface area contributed by atoms with Crippen molar-refractivity contribution in [3.8, 4) is 0 Å². The molecule has 1 aliphatic heterocycles. The quantitative estimate of drug-likeness (QED) is 0.814. The summed E-state index contributed by atoms with van der Waals surface area (Å²) in [6.07, 6.45) is 1.81. The third kappa shape index (κ3) is 3.51. The SMILES string of the molecule is CC1CN(C(=O)Cn2cc(C(C)(C)N)nn2)CCO1. The third-order valence-electron chi connectivity index (χ3n) is 3.09. The van der Waals surface area contributed by atoms with Crippen LogP contribution in [0.4, 0.5) is 0 Å². The first-order chi connectivity index (χ1) is 8.86. The fraction of sp³-hybridized carbons (Fsp3) is 0.750. The van der Waals surface area contributed by atoms with Crippen molar-refractivity contribution in [2.24, 2.45) is 5.73 Å². The molecular formula is C12H21N5O2. The highest BCUT2D eigenvalue weighted by molar-refractivity contribution is 5.76. The molecule has 106 valence electrons. The summed E-state index contributed by atoms with van der Waals surface area (Å²) in [5, 5.41) is 7.94. The van der Waals surface area contributed by atoms with Gasteiger partial charge in [0.25, 0.3) is 0 Å². The Morgan fingerprint density at radius 1 is 1.63 bits per heavy atom. The third-order valence-corrected chi connectivity index (χ3v) is 3.09. The maximum Gasteiger partial charge on any atom is 0.244 e. The van der Waals surface area contributed by atoms with Gasteiger partial charge in [0.15, 0.2) is 0 Å². The van der Waals surface area contributed by atoms with Gasteiger partial charge in [0.2, 0.25) is 5.91 Å². The van der Waals surface area contributed by atoms with Crippen LogP contribution < -0.4 is 5.73 Å². The number of carbonyl (C=O) groups is 1. The number of hydrogen-bond acceptors (Lipinski definition) is 5. The number of ether oxygens (including phenoxy) is 1. The average molecular weight is 267 g/mol. The van der Waals surface area contributed by atoms with Crippen molar-refractivity contribution in [1.82, 2.24) is 19.9 Å². The molecule has 1 fully saturated rings. The Kier molecular flexibility index (Phi) is 3.86. The Morgan fingerprint density at radius 2 is 2.37 bits per heavy atom. The minimum Gasteiger partial charge on any atom is -0.375 e. The van der Waals surface area contributed by atoms with Crippen molar-refractivity contribution >= 4 is 5.91 Å². The molecule has 1 amide bonds. The van der Waals surface area contributed by atoms with Gasteiger partial charge in [-0.3, -0.25) is 4.79 Å². The number of morpholine rings is 1. The summed E-state index contributed by atoms with van der Waals surface area (Å²) in [6, 6.07) is 0. The molecule has 2 rings (SSSR count). The van der Waals surface area contributed by atoms with Gasteiger partial charge in [0.05, 0.1) is 24.4 Å². The molecule has 0 bridgehead atoms. The monoisotopic (exact) mass is 267 g/mol. The van der Waals surface area contributed by atoms with Crippen molar-refractivity contribution in [3.05, 3.63) is 11.9 Å². The van der Waals surface area contributed by atoms with Gasteiger partial charge >= 0.3 is 0 Å². The topological polar surface area (TPSA) is 86.3 Å². The molecule has 0 saturated carbocycles. The summed E-state index contributed by atoms with van der Waals surface area (Å²) in [7, 11) is 0. The second-order valence-corrected chi connectivity index (χ2v) is 5.54. The van der Waals surface area contributed by atoms with Crippen LogP contribution in [0.5, 0.6) is 0 Å². The van der Waals surface area contributed by atoms with Crippen LogP contribution in [0.2, 0.25) is 0 Å². The highest BCUT2D eigenvalue weighted by Crippen LogP contribution is 2.12. The normalized spacial score (nSPS) is 20.6. The van der Waals surface area contributed by atoms with Crippen LogP contribution in [-0.2, 0) is 21.6 Å². The van der Waals surface area contributed by atoms with E-state index in [4.69, 9.17) is 10.5 Å². The molecule has 1 unspecified atom stereocenters. The molecule has 7 heteroatoms. The molecule has 0 radical (unpaired) electrons.